The van der Waals surface area contributed by atoms with Crippen molar-refractivity contribution in [3.05, 3.63) is 11.1 Å². The van der Waals surface area contributed by atoms with Crippen molar-refractivity contribution in [2.45, 2.75) is 25.9 Å². The smallest absolute Gasteiger partial charge is 0.348 e. The van der Waals surface area contributed by atoms with E-state index >= 15 is 0 Å². The number of halogens is 3. The second kappa shape index (κ2) is 4.24. The normalized spacial score (nSPS) is 19.1. The summed E-state index contributed by atoms with van der Waals surface area (Å²) in [6, 6.07) is 0. The first-order chi connectivity index (χ1) is 7.47. The predicted octanol–water partition coefficient (Wildman–Crippen LogP) is 3.23. The molecular weight excluding hydrogens is 237 g/mol. The first kappa shape index (κ1) is 11.7. The number of alkyl halides is 3. The summed E-state index contributed by atoms with van der Waals surface area (Å²) >= 11 is 1.50. The molecule has 0 atom stereocenters. The number of hydrogen-bond donors (Lipinski definition) is 0. The second-order valence-electron chi connectivity index (χ2n) is 4.07. The van der Waals surface area contributed by atoms with Crippen LogP contribution in [0.4, 0.5) is 18.3 Å². The fourth-order valence-electron chi connectivity index (χ4n) is 1.88. The highest BCUT2D eigenvalue weighted by atomic mass is 32.1. The number of aryl methyl sites for hydroxylation is 1. The Kier molecular flexibility index (Phi) is 3.10. The average Bonchev–Trinajstić information content (AvgIpc) is 2.64. The van der Waals surface area contributed by atoms with Gasteiger partial charge in [-0.15, -0.1) is 11.3 Å². The highest BCUT2D eigenvalue weighted by molar-refractivity contribution is 7.13. The molecule has 6 heteroatoms. The maximum atomic E-state index is 12.4. The van der Waals surface area contributed by atoms with E-state index in [9.17, 15) is 13.2 Å². The molecule has 1 aromatic rings. The van der Waals surface area contributed by atoms with Gasteiger partial charge in [0.25, 0.3) is 0 Å². The summed E-state index contributed by atoms with van der Waals surface area (Å²) in [6.45, 7) is 2.80. The van der Waals surface area contributed by atoms with Gasteiger partial charge in [-0.25, -0.2) is 4.98 Å². The van der Waals surface area contributed by atoms with Crippen molar-refractivity contribution in [3.8, 4) is 0 Å². The summed E-state index contributed by atoms with van der Waals surface area (Å²) in [4.78, 5) is 6.23. The third-order valence-corrected chi connectivity index (χ3v) is 3.85. The van der Waals surface area contributed by atoms with Crippen molar-refractivity contribution >= 4 is 16.5 Å². The van der Waals surface area contributed by atoms with Crippen LogP contribution in [0.15, 0.2) is 5.38 Å². The van der Waals surface area contributed by atoms with Gasteiger partial charge in [-0.2, -0.15) is 13.2 Å². The van der Waals surface area contributed by atoms with Gasteiger partial charge in [0.1, 0.15) is 0 Å². The minimum atomic E-state index is -4.04. The Bertz CT molecular complexity index is 353. The van der Waals surface area contributed by atoms with Crippen LogP contribution in [0, 0.1) is 12.8 Å². The molecule has 1 aliphatic heterocycles. The summed E-state index contributed by atoms with van der Waals surface area (Å²) in [5, 5.41) is 2.77. The molecule has 2 heterocycles. The number of hydrogen-bond acceptors (Lipinski definition) is 3. The standard InChI is InChI=1S/C10H13F3N2S/c1-7-6-16-9(14-7)15-4-2-8(3-5-15)10(11,12)13/h6,8H,2-5H2,1H3. The molecule has 0 unspecified atom stereocenters. The molecular formula is C10H13F3N2S. The Morgan fingerprint density at radius 1 is 1.38 bits per heavy atom. The maximum absolute atomic E-state index is 12.4. The van der Waals surface area contributed by atoms with Gasteiger partial charge in [-0.05, 0) is 19.8 Å². The average molecular weight is 250 g/mol. The molecule has 2 rings (SSSR count). The lowest BCUT2D eigenvalue weighted by molar-refractivity contribution is -0.179. The zero-order valence-electron chi connectivity index (χ0n) is 8.92. The zero-order valence-corrected chi connectivity index (χ0v) is 9.74. The molecule has 0 aliphatic carbocycles. The lowest BCUT2D eigenvalue weighted by Crippen LogP contribution is -2.38. The van der Waals surface area contributed by atoms with Crippen molar-refractivity contribution in [3.63, 3.8) is 0 Å². The summed E-state index contributed by atoms with van der Waals surface area (Å²) in [5.74, 6) is -1.13. The molecule has 0 spiro atoms. The summed E-state index contributed by atoms with van der Waals surface area (Å²) in [6.07, 6.45) is -3.67. The van der Waals surface area contributed by atoms with Crippen molar-refractivity contribution in [1.29, 1.82) is 0 Å². The molecule has 0 aromatic carbocycles. The van der Waals surface area contributed by atoms with E-state index in [0.717, 1.165) is 10.8 Å². The van der Waals surface area contributed by atoms with Gasteiger partial charge < -0.3 is 4.90 Å². The molecule has 0 N–H and O–H groups in total. The minimum absolute atomic E-state index is 0.183. The third-order valence-electron chi connectivity index (χ3n) is 2.84. The molecule has 2 nitrogen and oxygen atoms in total. The molecule has 0 amide bonds. The molecule has 1 aliphatic rings. The largest absolute Gasteiger partial charge is 0.391 e. The van der Waals surface area contributed by atoms with Crippen molar-refractivity contribution in [2.75, 3.05) is 18.0 Å². The van der Waals surface area contributed by atoms with E-state index in [2.05, 4.69) is 4.98 Å². The van der Waals surface area contributed by atoms with Crippen LogP contribution >= 0.6 is 11.3 Å². The van der Waals surface area contributed by atoms with Gasteiger partial charge in [-0.1, -0.05) is 0 Å². The van der Waals surface area contributed by atoms with Crippen LogP contribution in [0.3, 0.4) is 0 Å². The van der Waals surface area contributed by atoms with Crippen LogP contribution in [0.1, 0.15) is 18.5 Å². The quantitative estimate of drug-likeness (QED) is 0.760. The Hall–Kier alpha value is -0.780. The lowest BCUT2D eigenvalue weighted by Gasteiger charge is -2.32. The van der Waals surface area contributed by atoms with Gasteiger partial charge >= 0.3 is 6.18 Å². The number of piperidine rings is 1. The topological polar surface area (TPSA) is 16.1 Å². The Morgan fingerprint density at radius 3 is 2.44 bits per heavy atom. The Labute approximate surface area is 96.1 Å². The highest BCUT2D eigenvalue weighted by Crippen LogP contribution is 2.35. The molecule has 1 fully saturated rings. The lowest BCUT2D eigenvalue weighted by atomic mass is 9.97. The number of rotatable bonds is 1. The number of anilines is 1. The van der Waals surface area contributed by atoms with Crippen LogP contribution < -0.4 is 4.90 Å². The molecule has 0 saturated carbocycles. The highest BCUT2D eigenvalue weighted by Gasteiger charge is 2.41. The maximum Gasteiger partial charge on any atom is 0.391 e. The van der Waals surface area contributed by atoms with E-state index in [4.69, 9.17) is 0 Å². The monoisotopic (exact) mass is 250 g/mol. The van der Waals surface area contributed by atoms with Crippen LogP contribution in [0.5, 0.6) is 0 Å². The van der Waals surface area contributed by atoms with E-state index < -0.39 is 12.1 Å². The Morgan fingerprint density at radius 2 is 2.00 bits per heavy atom. The fourth-order valence-corrected chi connectivity index (χ4v) is 2.74. The third kappa shape index (κ3) is 2.48. The molecule has 1 aromatic heterocycles. The van der Waals surface area contributed by atoms with Crippen LogP contribution in [-0.2, 0) is 0 Å². The molecule has 0 radical (unpaired) electrons. The molecule has 1 saturated heterocycles. The van der Waals surface area contributed by atoms with Crippen molar-refractivity contribution in [1.82, 2.24) is 4.98 Å². The van der Waals surface area contributed by atoms with Crippen molar-refractivity contribution in [2.24, 2.45) is 5.92 Å². The summed E-state index contributed by atoms with van der Waals surface area (Å²) in [7, 11) is 0. The number of nitrogens with zero attached hydrogens (tertiary/aromatic N) is 2. The van der Waals surface area contributed by atoms with E-state index in [1.165, 1.54) is 11.3 Å². The Balaban J connectivity index is 1.95. The molecule has 16 heavy (non-hydrogen) atoms. The molecule has 0 bridgehead atoms. The van der Waals surface area contributed by atoms with E-state index in [1.54, 1.807) is 0 Å². The van der Waals surface area contributed by atoms with E-state index in [-0.39, 0.29) is 12.8 Å². The van der Waals surface area contributed by atoms with Gasteiger partial charge in [0.15, 0.2) is 5.13 Å². The van der Waals surface area contributed by atoms with Crippen LogP contribution in [-0.4, -0.2) is 24.2 Å². The zero-order chi connectivity index (χ0) is 11.8. The first-order valence-electron chi connectivity index (χ1n) is 5.20. The van der Waals surface area contributed by atoms with Crippen LogP contribution in [0.2, 0.25) is 0 Å². The van der Waals surface area contributed by atoms with Gasteiger partial charge in [0, 0.05) is 18.5 Å². The predicted molar refractivity (Wildman–Crippen MR) is 57.8 cm³/mol. The van der Waals surface area contributed by atoms with Gasteiger partial charge in [0.2, 0.25) is 0 Å². The minimum Gasteiger partial charge on any atom is -0.348 e. The van der Waals surface area contributed by atoms with Gasteiger partial charge in [0.05, 0.1) is 11.6 Å². The molecule has 90 valence electrons. The second-order valence-corrected chi connectivity index (χ2v) is 4.91. The van der Waals surface area contributed by atoms with E-state index in [1.807, 2.05) is 17.2 Å². The van der Waals surface area contributed by atoms with E-state index in [0.29, 0.717) is 13.1 Å². The summed E-state index contributed by atoms with van der Waals surface area (Å²) < 4.78 is 37.3. The fraction of sp³-hybridized carbons (Fsp3) is 0.700. The van der Waals surface area contributed by atoms with Crippen molar-refractivity contribution < 1.29 is 13.2 Å². The summed E-state index contributed by atoms with van der Waals surface area (Å²) in [5.41, 5.74) is 0.929. The SMILES string of the molecule is Cc1csc(N2CCC(C(F)(F)F)CC2)n1. The first-order valence-corrected chi connectivity index (χ1v) is 6.08. The van der Waals surface area contributed by atoms with Gasteiger partial charge in [-0.3, -0.25) is 0 Å². The van der Waals surface area contributed by atoms with Crippen LogP contribution in [0.25, 0.3) is 0 Å². The number of thiazole rings is 1. The number of aromatic nitrogens is 1.